The lowest BCUT2D eigenvalue weighted by Gasteiger charge is -2.14. The van der Waals surface area contributed by atoms with Crippen LogP contribution in [0, 0.1) is 0 Å². The van der Waals surface area contributed by atoms with Gasteiger partial charge in [0.25, 0.3) is 0 Å². The van der Waals surface area contributed by atoms with E-state index < -0.39 is 0 Å². The lowest BCUT2D eigenvalue weighted by Crippen LogP contribution is -1.90. The lowest BCUT2D eigenvalue weighted by molar-refractivity contribution is 1.32. The molecule has 0 saturated heterocycles. The molecule has 0 N–H and O–H groups in total. The number of nitrogens with zero attached hydrogens (tertiary/aromatic N) is 4. The first-order valence-electron chi connectivity index (χ1n) is 11.8. The summed E-state index contributed by atoms with van der Waals surface area (Å²) in [5.41, 5.74) is 10.9. The summed E-state index contributed by atoms with van der Waals surface area (Å²) in [5, 5.41) is 0. The highest BCUT2D eigenvalue weighted by Gasteiger charge is 2.11. The molecule has 0 saturated carbocycles. The molecule has 4 nitrogen and oxygen atoms in total. The van der Waals surface area contributed by atoms with Crippen molar-refractivity contribution in [2.45, 2.75) is 0 Å². The van der Waals surface area contributed by atoms with Crippen molar-refractivity contribution >= 4 is 0 Å². The molecule has 36 heavy (non-hydrogen) atoms. The van der Waals surface area contributed by atoms with Crippen LogP contribution in [0.25, 0.3) is 55.6 Å². The molecule has 0 aliphatic heterocycles. The first-order valence-corrected chi connectivity index (χ1v) is 11.8. The summed E-state index contributed by atoms with van der Waals surface area (Å²) in [6, 6.07) is 29.5. The molecule has 0 amide bonds. The standard InChI is InChI=1S/C32H22N4/c1-5-23(19-33-9-1)27-13-28(24-6-2-10-34-20-24)16-31(15-27)32-17-29(25-7-3-11-35-21-25)14-30(18-32)26-8-4-12-36-22-26/h1-22H. The Morgan fingerprint density at radius 2 is 0.500 bits per heavy atom. The second-order valence-electron chi connectivity index (χ2n) is 8.56. The van der Waals surface area contributed by atoms with E-state index in [1.54, 1.807) is 24.8 Å². The quantitative estimate of drug-likeness (QED) is 0.265. The molecule has 6 rings (SSSR count). The van der Waals surface area contributed by atoms with Crippen molar-refractivity contribution in [2.24, 2.45) is 0 Å². The summed E-state index contributed by atoms with van der Waals surface area (Å²) in [5.74, 6) is 0. The summed E-state index contributed by atoms with van der Waals surface area (Å²) in [6.45, 7) is 0. The fourth-order valence-corrected chi connectivity index (χ4v) is 4.39. The Kier molecular flexibility index (Phi) is 5.83. The minimum absolute atomic E-state index is 1.07. The highest BCUT2D eigenvalue weighted by molar-refractivity contribution is 5.85. The zero-order chi connectivity index (χ0) is 24.2. The van der Waals surface area contributed by atoms with Crippen molar-refractivity contribution in [3.63, 3.8) is 0 Å². The van der Waals surface area contributed by atoms with Gasteiger partial charge in [-0.05, 0) is 94.0 Å². The van der Waals surface area contributed by atoms with Gasteiger partial charge < -0.3 is 0 Å². The first-order chi connectivity index (χ1) is 17.8. The molecule has 0 radical (unpaired) electrons. The van der Waals surface area contributed by atoms with Gasteiger partial charge >= 0.3 is 0 Å². The summed E-state index contributed by atoms with van der Waals surface area (Å²) in [6.07, 6.45) is 14.8. The van der Waals surface area contributed by atoms with E-state index in [1.807, 2.05) is 49.1 Å². The van der Waals surface area contributed by atoms with Crippen LogP contribution in [0.4, 0.5) is 0 Å². The van der Waals surface area contributed by atoms with E-state index >= 15 is 0 Å². The van der Waals surface area contributed by atoms with Crippen molar-refractivity contribution in [2.75, 3.05) is 0 Å². The van der Waals surface area contributed by atoms with Crippen molar-refractivity contribution in [1.82, 2.24) is 19.9 Å². The van der Waals surface area contributed by atoms with Crippen LogP contribution in [-0.4, -0.2) is 19.9 Å². The van der Waals surface area contributed by atoms with Gasteiger partial charge in [-0.15, -0.1) is 0 Å². The lowest BCUT2D eigenvalue weighted by atomic mass is 9.91. The maximum Gasteiger partial charge on any atom is 0.0346 e. The summed E-state index contributed by atoms with van der Waals surface area (Å²) in [7, 11) is 0. The monoisotopic (exact) mass is 462 g/mol. The molecule has 0 aliphatic rings. The molecule has 6 aromatic rings. The molecular formula is C32H22N4. The summed E-state index contributed by atoms with van der Waals surface area (Å²) < 4.78 is 0. The van der Waals surface area contributed by atoms with E-state index in [9.17, 15) is 0 Å². The molecule has 4 aromatic heterocycles. The predicted octanol–water partition coefficient (Wildman–Crippen LogP) is 7.60. The number of rotatable bonds is 5. The van der Waals surface area contributed by atoms with E-state index in [0.29, 0.717) is 0 Å². The van der Waals surface area contributed by atoms with Crippen LogP contribution in [0.3, 0.4) is 0 Å². The minimum atomic E-state index is 1.07. The Balaban J connectivity index is 1.58. The fourth-order valence-electron chi connectivity index (χ4n) is 4.39. The number of benzene rings is 2. The molecule has 2 aromatic carbocycles. The van der Waals surface area contributed by atoms with Crippen LogP contribution < -0.4 is 0 Å². The highest BCUT2D eigenvalue weighted by atomic mass is 14.6. The predicted molar refractivity (Wildman–Crippen MR) is 145 cm³/mol. The fraction of sp³-hybridized carbons (Fsp3) is 0. The largest absolute Gasteiger partial charge is 0.264 e. The van der Waals surface area contributed by atoms with E-state index in [2.05, 4.69) is 80.6 Å². The zero-order valence-electron chi connectivity index (χ0n) is 19.5. The third-order valence-electron chi connectivity index (χ3n) is 6.18. The Morgan fingerprint density at radius 3 is 0.694 bits per heavy atom. The van der Waals surface area contributed by atoms with Gasteiger partial charge in [0.2, 0.25) is 0 Å². The van der Waals surface area contributed by atoms with Crippen molar-refractivity contribution in [1.29, 1.82) is 0 Å². The Labute approximate surface area is 210 Å². The van der Waals surface area contributed by atoms with Gasteiger partial charge in [0, 0.05) is 71.8 Å². The van der Waals surface area contributed by atoms with E-state index in [4.69, 9.17) is 0 Å². The number of aromatic nitrogens is 4. The molecule has 0 atom stereocenters. The van der Waals surface area contributed by atoms with Crippen LogP contribution >= 0.6 is 0 Å². The molecular weight excluding hydrogens is 440 g/mol. The SMILES string of the molecule is c1cncc(-c2cc(-c3cccnc3)cc(-c3cc(-c4cccnc4)cc(-c4cccnc4)c3)c2)c1. The normalized spacial score (nSPS) is 10.8. The Morgan fingerprint density at radius 1 is 0.278 bits per heavy atom. The molecule has 0 bridgehead atoms. The van der Waals surface area contributed by atoms with Gasteiger partial charge in [-0.2, -0.15) is 0 Å². The maximum atomic E-state index is 4.35. The summed E-state index contributed by atoms with van der Waals surface area (Å²) in [4.78, 5) is 17.4. The van der Waals surface area contributed by atoms with Crippen LogP contribution in [-0.2, 0) is 0 Å². The third-order valence-corrected chi connectivity index (χ3v) is 6.18. The Bertz CT molecular complexity index is 1360. The minimum Gasteiger partial charge on any atom is -0.264 e. The van der Waals surface area contributed by atoms with Gasteiger partial charge in [0.05, 0.1) is 0 Å². The molecule has 0 unspecified atom stereocenters. The molecule has 0 fully saturated rings. The average molecular weight is 463 g/mol. The van der Waals surface area contributed by atoms with Gasteiger partial charge in [-0.3, -0.25) is 19.9 Å². The van der Waals surface area contributed by atoms with Gasteiger partial charge in [0.15, 0.2) is 0 Å². The van der Waals surface area contributed by atoms with Crippen molar-refractivity contribution < 1.29 is 0 Å². The molecule has 4 heterocycles. The number of hydrogen-bond acceptors (Lipinski definition) is 4. The average Bonchev–Trinajstić information content (AvgIpc) is 2.98. The molecule has 4 heteroatoms. The smallest absolute Gasteiger partial charge is 0.0346 e. The third kappa shape index (κ3) is 4.52. The first kappa shape index (κ1) is 21.6. The van der Waals surface area contributed by atoms with Crippen LogP contribution in [0.15, 0.2) is 135 Å². The molecule has 0 spiro atoms. The van der Waals surface area contributed by atoms with Crippen molar-refractivity contribution in [3.05, 3.63) is 135 Å². The van der Waals surface area contributed by atoms with Gasteiger partial charge in [0.1, 0.15) is 0 Å². The van der Waals surface area contributed by atoms with E-state index in [0.717, 1.165) is 55.6 Å². The molecule has 170 valence electrons. The van der Waals surface area contributed by atoms with E-state index in [-0.39, 0.29) is 0 Å². The maximum absolute atomic E-state index is 4.35. The Hall–Kier alpha value is -4.96. The van der Waals surface area contributed by atoms with Crippen LogP contribution in [0.2, 0.25) is 0 Å². The van der Waals surface area contributed by atoms with Crippen molar-refractivity contribution in [3.8, 4) is 55.6 Å². The summed E-state index contributed by atoms with van der Waals surface area (Å²) >= 11 is 0. The van der Waals surface area contributed by atoms with Gasteiger partial charge in [-0.25, -0.2) is 0 Å². The number of pyridine rings is 4. The van der Waals surface area contributed by atoms with Crippen LogP contribution in [0.1, 0.15) is 0 Å². The second kappa shape index (κ2) is 9.72. The zero-order valence-corrected chi connectivity index (χ0v) is 19.5. The number of hydrogen-bond donors (Lipinski definition) is 0. The van der Waals surface area contributed by atoms with Crippen LogP contribution in [0.5, 0.6) is 0 Å². The topological polar surface area (TPSA) is 51.6 Å². The molecule has 0 aliphatic carbocycles. The second-order valence-corrected chi connectivity index (χ2v) is 8.56. The van der Waals surface area contributed by atoms with E-state index in [1.165, 1.54) is 0 Å². The van der Waals surface area contributed by atoms with Gasteiger partial charge in [-0.1, -0.05) is 24.3 Å². The highest BCUT2D eigenvalue weighted by Crippen LogP contribution is 2.36.